The van der Waals surface area contributed by atoms with Gasteiger partial charge < -0.3 is 9.47 Å². The number of hydrogen-bond donors (Lipinski definition) is 0. The largest absolute Gasteiger partial charge is 0.485 e. The quantitative estimate of drug-likeness (QED) is 0.346. The molecule has 0 fully saturated rings. The van der Waals surface area contributed by atoms with Gasteiger partial charge in [0.1, 0.15) is 23.7 Å². The van der Waals surface area contributed by atoms with Crippen molar-refractivity contribution in [3.63, 3.8) is 0 Å². The van der Waals surface area contributed by atoms with Crippen molar-refractivity contribution >= 4 is 12.3 Å². The van der Waals surface area contributed by atoms with Gasteiger partial charge in [0.25, 0.3) is 0 Å². The number of para-hydroxylation sites is 1. The van der Waals surface area contributed by atoms with Gasteiger partial charge in [-0.15, -0.1) is 0 Å². The summed E-state index contributed by atoms with van der Waals surface area (Å²) in [6, 6.07) is 16.9. The van der Waals surface area contributed by atoms with Crippen molar-refractivity contribution in [2.45, 2.75) is 13.5 Å². The first-order chi connectivity index (χ1) is 13.5. The number of benzene rings is 3. The topological polar surface area (TPSA) is 52.6 Å². The first kappa shape index (κ1) is 19.2. The maximum atomic E-state index is 14.8. The Morgan fingerprint density at radius 3 is 2.18 bits per heavy atom. The van der Waals surface area contributed by atoms with Crippen LogP contribution in [0.5, 0.6) is 11.5 Å². The lowest BCUT2D eigenvalue weighted by Crippen LogP contribution is -2.17. The van der Waals surface area contributed by atoms with Crippen LogP contribution in [-0.4, -0.2) is 12.3 Å². The van der Waals surface area contributed by atoms with E-state index in [4.69, 9.17) is 9.47 Å². The van der Waals surface area contributed by atoms with Crippen LogP contribution in [0.2, 0.25) is 0 Å². The van der Waals surface area contributed by atoms with Crippen molar-refractivity contribution in [3.05, 3.63) is 94.6 Å². The highest BCUT2D eigenvalue weighted by atomic mass is 19.1. The Morgan fingerprint density at radius 1 is 0.964 bits per heavy atom. The lowest BCUT2D eigenvalue weighted by atomic mass is 10.0. The van der Waals surface area contributed by atoms with Gasteiger partial charge in [-0.25, -0.2) is 13.6 Å². The number of carbonyl (C=O) groups is 2. The second-order valence-electron chi connectivity index (χ2n) is 5.97. The van der Waals surface area contributed by atoms with Gasteiger partial charge in [0.15, 0.2) is 17.9 Å². The minimum absolute atomic E-state index is 0.0549. The van der Waals surface area contributed by atoms with Gasteiger partial charge in [-0.2, -0.15) is 0 Å². The molecule has 0 amide bonds. The Kier molecular flexibility index (Phi) is 5.79. The van der Waals surface area contributed by atoms with Crippen LogP contribution in [0.1, 0.15) is 31.8 Å². The van der Waals surface area contributed by atoms with Crippen LogP contribution in [0.4, 0.5) is 8.78 Å². The fourth-order valence-electron chi connectivity index (χ4n) is 2.67. The zero-order valence-corrected chi connectivity index (χ0v) is 14.9. The summed E-state index contributed by atoms with van der Waals surface area (Å²) in [5.74, 6) is -3.66. The monoisotopic (exact) mass is 382 g/mol. The molecule has 0 atom stereocenters. The van der Waals surface area contributed by atoms with E-state index in [1.807, 2.05) is 0 Å². The van der Waals surface area contributed by atoms with Crippen molar-refractivity contribution in [2.75, 3.05) is 0 Å². The Balaban J connectivity index is 2.03. The first-order valence-electron chi connectivity index (χ1n) is 8.43. The summed E-state index contributed by atoms with van der Waals surface area (Å²) in [6.45, 7) is 1.19. The summed E-state index contributed by atoms with van der Waals surface area (Å²) in [5.41, 5.74) is -0.719. The molecule has 0 heterocycles. The highest BCUT2D eigenvalue weighted by Gasteiger charge is 2.29. The fourth-order valence-corrected chi connectivity index (χ4v) is 2.67. The summed E-state index contributed by atoms with van der Waals surface area (Å²) in [4.78, 5) is 23.8. The molecule has 142 valence electrons. The number of halogens is 2. The van der Waals surface area contributed by atoms with Gasteiger partial charge in [-0.05, 0) is 24.6 Å². The Hall–Kier alpha value is -3.54. The van der Waals surface area contributed by atoms with Crippen LogP contribution < -0.4 is 9.47 Å². The van der Waals surface area contributed by atoms with Crippen LogP contribution in [0.15, 0.2) is 60.7 Å². The minimum Gasteiger partial charge on any atom is -0.485 e. The van der Waals surface area contributed by atoms with E-state index < -0.39 is 34.5 Å². The van der Waals surface area contributed by atoms with Gasteiger partial charge in [-0.1, -0.05) is 48.5 Å². The van der Waals surface area contributed by atoms with E-state index in [0.29, 0.717) is 5.56 Å². The van der Waals surface area contributed by atoms with Crippen LogP contribution in [0.25, 0.3) is 0 Å². The molecular formula is C22H16F2O4. The van der Waals surface area contributed by atoms with E-state index in [1.54, 1.807) is 48.5 Å². The maximum Gasteiger partial charge on any atom is 0.347 e. The van der Waals surface area contributed by atoms with Crippen LogP contribution in [-0.2, 0) is 6.61 Å². The molecule has 0 bridgehead atoms. The number of hydrogen-bond acceptors (Lipinski definition) is 4. The summed E-state index contributed by atoms with van der Waals surface area (Å²) in [7, 11) is 0. The van der Waals surface area contributed by atoms with Gasteiger partial charge in [-0.3, -0.25) is 4.79 Å². The molecule has 0 saturated carbocycles. The van der Waals surface area contributed by atoms with Crippen molar-refractivity contribution < 1.29 is 27.8 Å². The lowest BCUT2D eigenvalue weighted by Gasteiger charge is -2.16. The molecule has 0 aliphatic rings. The average Bonchev–Trinajstić information content (AvgIpc) is 2.71. The van der Waals surface area contributed by atoms with Gasteiger partial charge in [0.2, 0.25) is 0 Å². The van der Waals surface area contributed by atoms with E-state index in [9.17, 15) is 18.4 Å². The predicted octanol–water partition coefficient (Wildman–Crippen LogP) is 4.88. The Labute approximate surface area is 160 Å². The third kappa shape index (κ3) is 3.91. The molecule has 6 heteroatoms. The Morgan fingerprint density at radius 2 is 1.57 bits per heavy atom. The predicted molar refractivity (Wildman–Crippen MR) is 98.7 cm³/mol. The van der Waals surface area contributed by atoms with E-state index in [2.05, 4.69) is 0 Å². The molecule has 0 aliphatic carbocycles. The number of carbonyl (C=O) groups excluding carboxylic acids is 2. The zero-order chi connectivity index (χ0) is 20.1. The molecule has 0 radical (unpaired) electrons. The fraction of sp³-hybridized carbons (Fsp3) is 0.0909. The average molecular weight is 382 g/mol. The third-order valence-corrected chi connectivity index (χ3v) is 4.11. The second kappa shape index (κ2) is 8.43. The molecule has 0 unspecified atom stereocenters. The highest BCUT2D eigenvalue weighted by Crippen LogP contribution is 2.33. The molecule has 3 aromatic rings. The highest BCUT2D eigenvalue weighted by molar-refractivity contribution is 5.97. The Bertz CT molecular complexity index is 1000. The third-order valence-electron chi connectivity index (χ3n) is 4.11. The molecule has 0 aliphatic heterocycles. The molecule has 3 aromatic carbocycles. The SMILES string of the molecule is Cc1c(F)c(C=O)c(F)c(OCc2ccccc2)c1C(=O)Oc1ccccc1. The number of rotatable bonds is 6. The van der Waals surface area contributed by atoms with Gasteiger partial charge >= 0.3 is 5.97 Å². The second-order valence-corrected chi connectivity index (χ2v) is 5.97. The number of ether oxygens (including phenoxy) is 2. The van der Waals surface area contributed by atoms with Crippen molar-refractivity contribution in [1.82, 2.24) is 0 Å². The van der Waals surface area contributed by atoms with E-state index >= 15 is 0 Å². The summed E-state index contributed by atoms with van der Waals surface area (Å²) in [6.07, 6.45) is 0.0549. The standard InChI is InChI=1S/C22H16F2O4/c1-14-18(22(26)28-16-10-6-3-7-11-16)21(20(24)17(12-25)19(14)23)27-13-15-8-4-2-5-9-15/h2-12H,13H2,1H3. The molecule has 0 aromatic heterocycles. The van der Waals surface area contributed by atoms with Crippen LogP contribution >= 0.6 is 0 Å². The van der Waals surface area contributed by atoms with Crippen LogP contribution in [0, 0.1) is 18.6 Å². The smallest absolute Gasteiger partial charge is 0.347 e. The van der Waals surface area contributed by atoms with Gasteiger partial charge in [0, 0.05) is 5.56 Å². The number of aldehydes is 1. The molecule has 28 heavy (non-hydrogen) atoms. The summed E-state index contributed by atoms with van der Waals surface area (Å²) >= 11 is 0. The van der Waals surface area contributed by atoms with E-state index in [-0.39, 0.29) is 24.2 Å². The molecule has 3 rings (SSSR count). The van der Waals surface area contributed by atoms with Gasteiger partial charge in [0.05, 0.1) is 5.56 Å². The number of esters is 1. The molecule has 0 saturated heterocycles. The molecular weight excluding hydrogens is 366 g/mol. The minimum atomic E-state index is -1.24. The lowest BCUT2D eigenvalue weighted by molar-refractivity contribution is 0.0726. The van der Waals surface area contributed by atoms with Crippen molar-refractivity contribution in [2.24, 2.45) is 0 Å². The van der Waals surface area contributed by atoms with Crippen molar-refractivity contribution in [3.8, 4) is 11.5 Å². The first-order valence-corrected chi connectivity index (χ1v) is 8.43. The maximum absolute atomic E-state index is 14.8. The molecule has 0 N–H and O–H groups in total. The van der Waals surface area contributed by atoms with Crippen LogP contribution in [0.3, 0.4) is 0 Å². The molecule has 0 spiro atoms. The summed E-state index contributed by atoms with van der Waals surface area (Å²) in [5, 5.41) is 0. The normalized spacial score (nSPS) is 10.4. The van der Waals surface area contributed by atoms with E-state index in [1.165, 1.54) is 19.1 Å². The van der Waals surface area contributed by atoms with E-state index in [0.717, 1.165) is 0 Å². The van der Waals surface area contributed by atoms with Crippen molar-refractivity contribution in [1.29, 1.82) is 0 Å². The molecule has 4 nitrogen and oxygen atoms in total. The zero-order valence-electron chi connectivity index (χ0n) is 14.9. The summed E-state index contributed by atoms with van der Waals surface area (Å²) < 4.78 is 39.9.